The number of sulfonamides is 1. The average molecular weight is 377 g/mol. The van der Waals surface area contributed by atoms with Gasteiger partial charge in [0.25, 0.3) is 5.82 Å². The molecule has 1 fully saturated rings. The third-order valence-electron chi connectivity index (χ3n) is 4.50. The Bertz CT molecular complexity index is 789. The predicted molar refractivity (Wildman–Crippen MR) is 100 cm³/mol. The molecular formula is C19H26N3O3S+. The van der Waals surface area contributed by atoms with E-state index in [1.54, 1.807) is 18.3 Å². The van der Waals surface area contributed by atoms with Crippen LogP contribution in [0.5, 0.6) is 0 Å². The van der Waals surface area contributed by atoms with E-state index in [1.165, 1.54) is 9.87 Å². The molecule has 140 valence electrons. The Morgan fingerprint density at radius 2 is 1.88 bits per heavy atom. The first-order valence-electron chi connectivity index (χ1n) is 9.02. The molecule has 0 saturated carbocycles. The molecule has 0 unspecified atom stereocenters. The second-order valence-electron chi connectivity index (χ2n) is 6.35. The monoisotopic (exact) mass is 376 g/mol. The van der Waals surface area contributed by atoms with Crippen LogP contribution in [0.3, 0.4) is 0 Å². The second kappa shape index (κ2) is 8.62. The number of pyridine rings is 1. The Morgan fingerprint density at radius 3 is 2.50 bits per heavy atom. The van der Waals surface area contributed by atoms with E-state index in [-0.39, 0.29) is 10.9 Å². The normalized spacial score (nSPS) is 17.0. The van der Waals surface area contributed by atoms with Gasteiger partial charge >= 0.3 is 0 Å². The Labute approximate surface area is 155 Å². The standard InChI is InChI=1S/C19H25N3O3S/c1-2-6-18(16-7-4-3-5-8-16)21-19-10-9-17(15-20-19)26(23,24)22-11-13-25-14-12-22/h3-5,7-10,15,18H,2,6,11-14H2,1H3,(H,20,21)/p+1/t18-/m0/s1. The maximum Gasteiger partial charge on any atom is 0.272 e. The van der Waals surface area contributed by atoms with E-state index in [4.69, 9.17) is 4.74 Å². The largest absolute Gasteiger partial charge is 0.379 e. The summed E-state index contributed by atoms with van der Waals surface area (Å²) in [7, 11) is -3.48. The highest BCUT2D eigenvalue weighted by molar-refractivity contribution is 7.89. The molecular weight excluding hydrogens is 350 g/mol. The summed E-state index contributed by atoms with van der Waals surface area (Å²) in [6.07, 6.45) is 3.60. The molecule has 0 aliphatic carbocycles. The summed E-state index contributed by atoms with van der Waals surface area (Å²) >= 11 is 0. The summed E-state index contributed by atoms with van der Waals surface area (Å²) < 4.78 is 32.1. The zero-order valence-electron chi connectivity index (χ0n) is 15.0. The van der Waals surface area contributed by atoms with Crippen molar-refractivity contribution in [1.82, 2.24) is 4.31 Å². The van der Waals surface area contributed by atoms with Gasteiger partial charge in [-0.3, -0.25) is 5.32 Å². The summed E-state index contributed by atoms with van der Waals surface area (Å²) in [6, 6.07) is 13.9. The lowest BCUT2D eigenvalue weighted by Crippen LogP contribution is -2.40. The fourth-order valence-corrected chi connectivity index (χ4v) is 4.46. The Morgan fingerprint density at radius 1 is 1.15 bits per heavy atom. The number of anilines is 1. The van der Waals surface area contributed by atoms with Crippen molar-refractivity contribution in [2.45, 2.75) is 30.7 Å². The van der Waals surface area contributed by atoms with Crippen LogP contribution >= 0.6 is 0 Å². The molecule has 1 aromatic heterocycles. The number of H-pyrrole nitrogens is 1. The third-order valence-corrected chi connectivity index (χ3v) is 6.40. The summed E-state index contributed by atoms with van der Waals surface area (Å²) in [6.45, 7) is 3.83. The molecule has 0 spiro atoms. The SMILES string of the molecule is CCC[C@H](Nc1ccc(S(=O)(=O)N2CCOCC2)c[nH+]1)c1ccccc1. The van der Waals surface area contributed by atoms with Crippen molar-refractivity contribution in [2.24, 2.45) is 0 Å². The van der Waals surface area contributed by atoms with Gasteiger partial charge in [-0.15, -0.1) is 0 Å². The van der Waals surface area contributed by atoms with Crippen LogP contribution in [-0.2, 0) is 14.8 Å². The van der Waals surface area contributed by atoms with E-state index in [0.29, 0.717) is 26.3 Å². The maximum absolute atomic E-state index is 12.7. The average Bonchev–Trinajstić information content (AvgIpc) is 2.69. The van der Waals surface area contributed by atoms with Crippen molar-refractivity contribution >= 4 is 15.8 Å². The van der Waals surface area contributed by atoms with Gasteiger partial charge in [0.1, 0.15) is 17.1 Å². The fraction of sp³-hybridized carbons (Fsp3) is 0.421. The molecule has 26 heavy (non-hydrogen) atoms. The number of nitrogens with zero attached hydrogens (tertiary/aromatic N) is 1. The van der Waals surface area contributed by atoms with Crippen molar-refractivity contribution in [2.75, 3.05) is 31.6 Å². The molecule has 2 N–H and O–H groups in total. The Balaban J connectivity index is 1.74. The number of aromatic nitrogens is 1. The molecule has 1 aliphatic rings. The summed E-state index contributed by atoms with van der Waals surface area (Å²) in [4.78, 5) is 3.37. The van der Waals surface area contributed by atoms with Gasteiger partial charge in [-0.05, 0) is 18.1 Å². The van der Waals surface area contributed by atoms with Crippen LogP contribution in [0.25, 0.3) is 0 Å². The van der Waals surface area contributed by atoms with Crippen molar-refractivity contribution < 1.29 is 18.1 Å². The minimum absolute atomic E-state index is 0.180. The van der Waals surface area contributed by atoms with E-state index >= 15 is 0 Å². The number of morpholine rings is 1. The molecule has 2 aromatic rings. The van der Waals surface area contributed by atoms with Gasteiger partial charge in [-0.1, -0.05) is 43.7 Å². The topological polar surface area (TPSA) is 72.8 Å². The molecule has 1 aliphatic heterocycles. The molecule has 1 aromatic carbocycles. The molecule has 1 atom stereocenters. The van der Waals surface area contributed by atoms with Gasteiger partial charge in [-0.25, -0.2) is 13.4 Å². The number of benzene rings is 1. The lowest BCUT2D eigenvalue weighted by atomic mass is 10.0. The van der Waals surface area contributed by atoms with Gasteiger partial charge in [0.15, 0.2) is 0 Å². The predicted octanol–water partition coefficient (Wildman–Crippen LogP) is 2.47. The Hall–Kier alpha value is -1.96. The van der Waals surface area contributed by atoms with E-state index in [2.05, 4.69) is 29.4 Å². The minimum atomic E-state index is -3.48. The van der Waals surface area contributed by atoms with Crippen molar-refractivity contribution in [3.63, 3.8) is 0 Å². The van der Waals surface area contributed by atoms with E-state index in [9.17, 15) is 8.42 Å². The van der Waals surface area contributed by atoms with Crippen LogP contribution in [0.2, 0.25) is 0 Å². The maximum atomic E-state index is 12.7. The minimum Gasteiger partial charge on any atom is -0.379 e. The molecule has 0 amide bonds. The summed E-state index contributed by atoms with van der Waals surface area (Å²) in [5.74, 6) is 0.799. The lowest BCUT2D eigenvalue weighted by molar-refractivity contribution is -0.364. The van der Waals surface area contributed by atoms with E-state index in [1.807, 2.05) is 18.2 Å². The van der Waals surface area contributed by atoms with Crippen LogP contribution in [-0.4, -0.2) is 39.0 Å². The highest BCUT2D eigenvalue weighted by Gasteiger charge is 2.27. The Kier molecular flexibility index (Phi) is 6.24. The highest BCUT2D eigenvalue weighted by atomic mass is 32.2. The fourth-order valence-electron chi connectivity index (χ4n) is 3.08. The van der Waals surface area contributed by atoms with Crippen LogP contribution in [0.4, 0.5) is 5.82 Å². The van der Waals surface area contributed by atoms with Crippen molar-refractivity contribution in [1.29, 1.82) is 0 Å². The molecule has 3 rings (SSSR count). The quantitative estimate of drug-likeness (QED) is 0.806. The number of ether oxygens (including phenoxy) is 1. The number of hydrogen-bond donors (Lipinski definition) is 1. The van der Waals surface area contributed by atoms with E-state index in [0.717, 1.165) is 18.7 Å². The zero-order chi connectivity index (χ0) is 18.4. The van der Waals surface area contributed by atoms with Crippen LogP contribution < -0.4 is 10.3 Å². The van der Waals surface area contributed by atoms with Crippen molar-refractivity contribution in [3.05, 3.63) is 54.2 Å². The first-order valence-corrected chi connectivity index (χ1v) is 10.5. The second-order valence-corrected chi connectivity index (χ2v) is 8.29. The van der Waals surface area contributed by atoms with Gasteiger partial charge in [-0.2, -0.15) is 4.31 Å². The zero-order valence-corrected chi connectivity index (χ0v) is 15.8. The summed E-state index contributed by atoms with van der Waals surface area (Å²) in [5.41, 5.74) is 1.22. The molecule has 6 nitrogen and oxygen atoms in total. The first-order chi connectivity index (χ1) is 12.6. The van der Waals surface area contributed by atoms with Crippen LogP contribution in [0.15, 0.2) is 53.6 Å². The van der Waals surface area contributed by atoms with Crippen LogP contribution in [0, 0.1) is 0 Å². The van der Waals surface area contributed by atoms with Gasteiger partial charge in [0, 0.05) is 19.2 Å². The highest BCUT2D eigenvalue weighted by Crippen LogP contribution is 2.23. The molecule has 2 heterocycles. The number of rotatable bonds is 7. The third kappa shape index (κ3) is 4.41. The van der Waals surface area contributed by atoms with Crippen molar-refractivity contribution in [3.8, 4) is 0 Å². The molecule has 0 bridgehead atoms. The molecule has 7 heteroatoms. The number of nitrogens with one attached hydrogen (secondary N) is 2. The number of aromatic amines is 1. The number of hydrogen-bond acceptors (Lipinski definition) is 4. The van der Waals surface area contributed by atoms with E-state index < -0.39 is 10.0 Å². The molecule has 0 radical (unpaired) electrons. The van der Waals surface area contributed by atoms with Gasteiger partial charge in [0.2, 0.25) is 10.0 Å². The summed E-state index contributed by atoms with van der Waals surface area (Å²) in [5, 5.41) is 3.47. The first kappa shape index (κ1) is 18.8. The van der Waals surface area contributed by atoms with Gasteiger partial charge < -0.3 is 4.74 Å². The molecule has 1 saturated heterocycles. The van der Waals surface area contributed by atoms with Gasteiger partial charge in [0.05, 0.1) is 13.2 Å². The lowest BCUT2D eigenvalue weighted by Gasteiger charge is -2.25. The van der Waals surface area contributed by atoms with Crippen LogP contribution in [0.1, 0.15) is 31.4 Å². The smallest absolute Gasteiger partial charge is 0.272 e.